The van der Waals surface area contributed by atoms with Gasteiger partial charge in [-0.1, -0.05) is 62.4 Å². The van der Waals surface area contributed by atoms with Gasteiger partial charge in [0.25, 0.3) is 0 Å². The molecule has 1 heterocycles. The molecule has 1 aliphatic heterocycles. The minimum absolute atomic E-state index is 0.211. The first-order chi connectivity index (χ1) is 11.2. The summed E-state index contributed by atoms with van der Waals surface area (Å²) in [5.41, 5.74) is 3.69. The molecule has 2 aromatic rings. The Morgan fingerprint density at radius 1 is 1.00 bits per heavy atom. The van der Waals surface area contributed by atoms with E-state index < -0.39 is 0 Å². The summed E-state index contributed by atoms with van der Waals surface area (Å²) in [6.07, 6.45) is -0.211. The van der Waals surface area contributed by atoms with Gasteiger partial charge in [0.2, 0.25) is 0 Å². The molecule has 1 atom stereocenters. The van der Waals surface area contributed by atoms with E-state index in [0.29, 0.717) is 25.2 Å². The zero-order valence-electron chi connectivity index (χ0n) is 13.9. The molecule has 0 aromatic heterocycles. The minimum atomic E-state index is -0.211. The Hall–Kier alpha value is -1.68. The Balaban J connectivity index is 1.73. The van der Waals surface area contributed by atoms with Gasteiger partial charge in [0, 0.05) is 18.2 Å². The molecule has 1 saturated heterocycles. The molecule has 2 aromatic carbocycles. The summed E-state index contributed by atoms with van der Waals surface area (Å²) in [4.78, 5) is 0. The van der Waals surface area contributed by atoms with E-state index >= 15 is 0 Å². The van der Waals surface area contributed by atoms with Crippen molar-refractivity contribution >= 4 is 0 Å². The molecule has 1 unspecified atom stereocenters. The fourth-order valence-corrected chi connectivity index (χ4v) is 3.01. The van der Waals surface area contributed by atoms with E-state index in [1.807, 2.05) is 0 Å². The zero-order valence-corrected chi connectivity index (χ0v) is 13.9. The summed E-state index contributed by atoms with van der Waals surface area (Å²) >= 11 is 0. The van der Waals surface area contributed by atoms with Crippen LogP contribution in [0.3, 0.4) is 0 Å². The van der Waals surface area contributed by atoms with Gasteiger partial charge >= 0.3 is 0 Å². The second-order valence-electron chi connectivity index (χ2n) is 6.33. The molecule has 23 heavy (non-hydrogen) atoms. The maximum atomic E-state index is 5.62. The van der Waals surface area contributed by atoms with Gasteiger partial charge in [0.1, 0.15) is 0 Å². The van der Waals surface area contributed by atoms with E-state index in [9.17, 15) is 0 Å². The van der Waals surface area contributed by atoms with Crippen molar-refractivity contribution < 1.29 is 9.47 Å². The van der Waals surface area contributed by atoms with Crippen LogP contribution in [0.1, 0.15) is 42.9 Å². The lowest BCUT2D eigenvalue weighted by molar-refractivity contribution is -0.0441. The lowest BCUT2D eigenvalue weighted by Crippen LogP contribution is -2.25. The minimum Gasteiger partial charge on any atom is -0.346 e. The molecule has 1 N–H and O–H groups in total. The second kappa shape index (κ2) is 7.73. The van der Waals surface area contributed by atoms with Crippen molar-refractivity contribution in [2.24, 2.45) is 5.92 Å². The highest BCUT2D eigenvalue weighted by molar-refractivity contribution is 5.28. The molecule has 3 rings (SSSR count). The normalized spacial score (nSPS) is 16.8. The summed E-state index contributed by atoms with van der Waals surface area (Å²) in [6, 6.07) is 19.4. The Morgan fingerprint density at radius 3 is 2.43 bits per heavy atom. The van der Waals surface area contributed by atoms with Crippen molar-refractivity contribution in [1.29, 1.82) is 0 Å². The monoisotopic (exact) mass is 311 g/mol. The first kappa shape index (κ1) is 16.2. The number of hydrogen-bond donors (Lipinski definition) is 1. The van der Waals surface area contributed by atoms with Crippen molar-refractivity contribution in [2.45, 2.75) is 32.7 Å². The third-order valence-corrected chi connectivity index (χ3v) is 4.20. The van der Waals surface area contributed by atoms with Crippen molar-refractivity contribution in [3.8, 4) is 0 Å². The molecule has 0 radical (unpaired) electrons. The maximum Gasteiger partial charge on any atom is 0.184 e. The van der Waals surface area contributed by atoms with Crippen LogP contribution in [0.5, 0.6) is 0 Å². The number of nitrogens with one attached hydrogen (secondary N) is 1. The molecule has 0 aliphatic carbocycles. The SMILES string of the molecule is CC(C)C(NCc1ccccc1)c1cccc(C2OCCO2)c1. The van der Waals surface area contributed by atoms with E-state index in [0.717, 1.165) is 12.1 Å². The van der Waals surface area contributed by atoms with Gasteiger partial charge < -0.3 is 14.8 Å². The number of hydrogen-bond acceptors (Lipinski definition) is 3. The molecule has 0 amide bonds. The first-order valence-electron chi connectivity index (χ1n) is 8.34. The van der Waals surface area contributed by atoms with E-state index in [4.69, 9.17) is 9.47 Å². The third-order valence-electron chi connectivity index (χ3n) is 4.20. The smallest absolute Gasteiger partial charge is 0.184 e. The van der Waals surface area contributed by atoms with Gasteiger partial charge in [-0.05, 0) is 23.1 Å². The van der Waals surface area contributed by atoms with E-state index in [2.05, 4.69) is 73.8 Å². The van der Waals surface area contributed by atoms with E-state index in [1.165, 1.54) is 11.1 Å². The first-order valence-corrected chi connectivity index (χ1v) is 8.34. The van der Waals surface area contributed by atoms with Crippen LogP contribution in [0.25, 0.3) is 0 Å². The molecule has 1 aliphatic rings. The standard InChI is InChI=1S/C20H25NO2/c1-15(2)19(21-14-16-7-4-3-5-8-16)17-9-6-10-18(13-17)20-22-11-12-23-20/h3-10,13,15,19-21H,11-12,14H2,1-2H3. The number of rotatable bonds is 6. The molecule has 122 valence electrons. The molecule has 3 nitrogen and oxygen atoms in total. The summed E-state index contributed by atoms with van der Waals surface area (Å²) in [6.45, 7) is 6.71. The van der Waals surface area contributed by atoms with Crippen LogP contribution in [0.2, 0.25) is 0 Å². The Labute approximate surface area is 138 Å². The highest BCUT2D eigenvalue weighted by Gasteiger charge is 2.21. The van der Waals surface area contributed by atoms with Crippen molar-refractivity contribution in [1.82, 2.24) is 5.32 Å². The van der Waals surface area contributed by atoms with Gasteiger partial charge in [0.15, 0.2) is 6.29 Å². The highest BCUT2D eigenvalue weighted by atomic mass is 16.7. The fourth-order valence-electron chi connectivity index (χ4n) is 3.01. The molecule has 0 saturated carbocycles. The average Bonchev–Trinajstić information content (AvgIpc) is 3.10. The zero-order chi connectivity index (χ0) is 16.1. The Kier molecular flexibility index (Phi) is 5.44. The Bertz CT molecular complexity index is 606. The van der Waals surface area contributed by atoms with Crippen LogP contribution < -0.4 is 5.32 Å². The lowest BCUT2D eigenvalue weighted by atomic mass is 9.94. The summed E-state index contributed by atoms with van der Waals surface area (Å²) in [5, 5.41) is 3.69. The van der Waals surface area contributed by atoms with E-state index in [1.54, 1.807) is 0 Å². The molecule has 3 heteroatoms. The summed E-state index contributed by atoms with van der Waals surface area (Å²) < 4.78 is 11.2. The number of ether oxygens (including phenoxy) is 2. The van der Waals surface area contributed by atoms with Crippen LogP contribution in [-0.2, 0) is 16.0 Å². The third kappa shape index (κ3) is 4.20. The number of benzene rings is 2. The van der Waals surface area contributed by atoms with Crippen LogP contribution in [-0.4, -0.2) is 13.2 Å². The quantitative estimate of drug-likeness (QED) is 0.866. The van der Waals surface area contributed by atoms with Gasteiger partial charge in [0.05, 0.1) is 13.2 Å². The predicted octanol–water partition coefficient (Wildman–Crippen LogP) is 4.22. The summed E-state index contributed by atoms with van der Waals surface area (Å²) in [5.74, 6) is 0.499. The lowest BCUT2D eigenvalue weighted by Gasteiger charge is -2.24. The summed E-state index contributed by atoms with van der Waals surface area (Å²) in [7, 11) is 0. The van der Waals surface area contributed by atoms with Crippen molar-refractivity contribution in [2.75, 3.05) is 13.2 Å². The van der Waals surface area contributed by atoms with Crippen LogP contribution in [0.4, 0.5) is 0 Å². The molecule has 0 bridgehead atoms. The molecule has 1 fully saturated rings. The predicted molar refractivity (Wildman–Crippen MR) is 91.9 cm³/mol. The van der Waals surface area contributed by atoms with Crippen LogP contribution in [0.15, 0.2) is 54.6 Å². The molecular formula is C20H25NO2. The molecular weight excluding hydrogens is 286 g/mol. The van der Waals surface area contributed by atoms with Crippen molar-refractivity contribution in [3.05, 3.63) is 71.3 Å². The highest BCUT2D eigenvalue weighted by Crippen LogP contribution is 2.28. The van der Waals surface area contributed by atoms with Gasteiger partial charge in [-0.15, -0.1) is 0 Å². The molecule has 0 spiro atoms. The maximum absolute atomic E-state index is 5.62. The fraction of sp³-hybridized carbons (Fsp3) is 0.400. The van der Waals surface area contributed by atoms with E-state index in [-0.39, 0.29) is 6.29 Å². The topological polar surface area (TPSA) is 30.5 Å². The average molecular weight is 311 g/mol. The van der Waals surface area contributed by atoms with Crippen LogP contribution >= 0.6 is 0 Å². The van der Waals surface area contributed by atoms with Gasteiger partial charge in [-0.25, -0.2) is 0 Å². The van der Waals surface area contributed by atoms with Gasteiger partial charge in [-0.2, -0.15) is 0 Å². The Morgan fingerprint density at radius 2 is 1.74 bits per heavy atom. The largest absolute Gasteiger partial charge is 0.346 e. The van der Waals surface area contributed by atoms with Gasteiger partial charge in [-0.3, -0.25) is 0 Å². The second-order valence-corrected chi connectivity index (χ2v) is 6.33. The van der Waals surface area contributed by atoms with Crippen LogP contribution in [0, 0.1) is 5.92 Å². The van der Waals surface area contributed by atoms with Crippen molar-refractivity contribution in [3.63, 3.8) is 0 Å².